The first kappa shape index (κ1) is 11.6. The molecule has 0 heterocycles. The van der Waals surface area contributed by atoms with Crippen molar-refractivity contribution in [2.24, 2.45) is 5.73 Å². The molecule has 2 nitrogen and oxygen atoms in total. The van der Waals surface area contributed by atoms with Crippen molar-refractivity contribution in [2.45, 2.75) is 13.0 Å². The van der Waals surface area contributed by atoms with Crippen LogP contribution >= 0.6 is 0 Å². The number of hydrogen-bond acceptors (Lipinski definition) is 2. The minimum atomic E-state index is -0.372. The van der Waals surface area contributed by atoms with Gasteiger partial charge in [-0.3, -0.25) is 0 Å². The van der Waals surface area contributed by atoms with Crippen molar-refractivity contribution < 1.29 is 9.13 Å². The molecule has 88 valence electrons. The molecular weight excluding hydrogens is 217 g/mol. The summed E-state index contributed by atoms with van der Waals surface area (Å²) in [5.41, 5.74) is 6.76. The third-order valence-electron chi connectivity index (χ3n) is 2.47. The average Bonchev–Trinajstić information content (AvgIpc) is 2.33. The van der Waals surface area contributed by atoms with Crippen LogP contribution in [0.5, 0.6) is 11.5 Å². The number of rotatable bonds is 3. The molecule has 2 aromatic rings. The minimum absolute atomic E-state index is 0.0162. The van der Waals surface area contributed by atoms with E-state index in [1.54, 1.807) is 30.3 Å². The van der Waals surface area contributed by atoms with E-state index < -0.39 is 0 Å². The summed E-state index contributed by atoms with van der Waals surface area (Å²) in [6.45, 7) is 1.91. The first-order valence-corrected chi connectivity index (χ1v) is 5.45. The number of nitrogens with two attached hydrogens (primary N) is 1. The lowest BCUT2D eigenvalue weighted by atomic mass is 10.1. The fourth-order valence-electron chi connectivity index (χ4n) is 1.49. The monoisotopic (exact) mass is 231 g/mol. The molecule has 0 unspecified atom stereocenters. The smallest absolute Gasteiger partial charge is 0.165 e. The molecule has 2 N–H and O–H groups in total. The van der Waals surface area contributed by atoms with Crippen molar-refractivity contribution >= 4 is 0 Å². The van der Waals surface area contributed by atoms with Crippen LogP contribution in [0.4, 0.5) is 4.39 Å². The highest BCUT2D eigenvalue weighted by Gasteiger charge is 2.04. The topological polar surface area (TPSA) is 35.2 Å². The summed E-state index contributed by atoms with van der Waals surface area (Å²) >= 11 is 0. The van der Waals surface area contributed by atoms with E-state index in [2.05, 4.69) is 0 Å². The van der Waals surface area contributed by atoms with Gasteiger partial charge in [0.2, 0.25) is 0 Å². The highest BCUT2D eigenvalue weighted by atomic mass is 19.1. The summed E-state index contributed by atoms with van der Waals surface area (Å²) in [7, 11) is 0. The van der Waals surface area contributed by atoms with E-state index in [1.165, 1.54) is 6.07 Å². The Morgan fingerprint density at radius 1 is 1.06 bits per heavy atom. The molecule has 17 heavy (non-hydrogen) atoms. The average molecular weight is 231 g/mol. The number of hydrogen-bond donors (Lipinski definition) is 1. The van der Waals surface area contributed by atoms with E-state index in [1.807, 2.05) is 19.1 Å². The van der Waals surface area contributed by atoms with Gasteiger partial charge in [0.1, 0.15) is 5.75 Å². The molecule has 0 saturated heterocycles. The lowest BCUT2D eigenvalue weighted by Gasteiger charge is -2.09. The molecule has 0 spiro atoms. The standard InChI is InChI=1S/C14H14FNO/c1-10(16)11-6-8-12(9-7-11)17-14-5-3-2-4-13(14)15/h2-10H,16H2,1H3/t10-/m1/s1. The molecule has 0 radical (unpaired) electrons. The van der Waals surface area contributed by atoms with Crippen LogP contribution in [0.15, 0.2) is 48.5 Å². The molecule has 0 amide bonds. The molecule has 0 fully saturated rings. The molecule has 0 aliphatic rings. The highest BCUT2D eigenvalue weighted by molar-refractivity contribution is 5.34. The molecule has 0 aromatic heterocycles. The molecular formula is C14H14FNO. The predicted octanol–water partition coefficient (Wildman–Crippen LogP) is 3.64. The Labute approximate surface area is 99.8 Å². The quantitative estimate of drug-likeness (QED) is 0.875. The van der Waals surface area contributed by atoms with Crippen molar-refractivity contribution in [3.63, 3.8) is 0 Å². The lowest BCUT2D eigenvalue weighted by Crippen LogP contribution is -2.04. The van der Waals surface area contributed by atoms with Crippen molar-refractivity contribution in [3.8, 4) is 11.5 Å². The van der Waals surface area contributed by atoms with Gasteiger partial charge in [-0.05, 0) is 36.8 Å². The normalized spacial score (nSPS) is 12.2. The number of benzene rings is 2. The molecule has 0 saturated carbocycles. The second kappa shape index (κ2) is 4.97. The number of para-hydroxylation sites is 1. The van der Waals surface area contributed by atoms with Crippen molar-refractivity contribution in [2.75, 3.05) is 0 Å². The summed E-state index contributed by atoms with van der Waals surface area (Å²) in [6, 6.07) is 13.6. The fraction of sp³-hybridized carbons (Fsp3) is 0.143. The lowest BCUT2D eigenvalue weighted by molar-refractivity contribution is 0.442. The maximum atomic E-state index is 13.3. The first-order chi connectivity index (χ1) is 8.16. The van der Waals surface area contributed by atoms with Crippen LogP contribution in [-0.4, -0.2) is 0 Å². The van der Waals surface area contributed by atoms with Crippen LogP contribution in [-0.2, 0) is 0 Å². The van der Waals surface area contributed by atoms with Crippen LogP contribution in [0.2, 0.25) is 0 Å². The molecule has 1 atom stereocenters. The van der Waals surface area contributed by atoms with Crippen molar-refractivity contribution in [1.29, 1.82) is 0 Å². The van der Waals surface area contributed by atoms with E-state index >= 15 is 0 Å². The number of ether oxygens (including phenoxy) is 1. The minimum Gasteiger partial charge on any atom is -0.454 e. The van der Waals surface area contributed by atoms with E-state index in [0.717, 1.165) is 5.56 Å². The van der Waals surface area contributed by atoms with Crippen molar-refractivity contribution in [3.05, 3.63) is 59.9 Å². The van der Waals surface area contributed by atoms with Gasteiger partial charge < -0.3 is 10.5 Å². The van der Waals surface area contributed by atoms with Crippen LogP contribution in [0, 0.1) is 5.82 Å². The SMILES string of the molecule is C[C@@H](N)c1ccc(Oc2ccccc2F)cc1. The second-order valence-electron chi connectivity index (χ2n) is 3.89. The third-order valence-corrected chi connectivity index (χ3v) is 2.47. The fourth-order valence-corrected chi connectivity index (χ4v) is 1.49. The van der Waals surface area contributed by atoms with Crippen LogP contribution in [0.1, 0.15) is 18.5 Å². The maximum Gasteiger partial charge on any atom is 0.165 e. The third kappa shape index (κ3) is 2.82. The van der Waals surface area contributed by atoms with Crippen molar-refractivity contribution in [1.82, 2.24) is 0 Å². The summed E-state index contributed by atoms with van der Waals surface area (Å²) in [5.74, 6) is 0.448. The Morgan fingerprint density at radius 2 is 1.71 bits per heavy atom. The molecule has 2 aromatic carbocycles. The molecule has 0 aliphatic heterocycles. The van der Waals surface area contributed by atoms with E-state index in [9.17, 15) is 4.39 Å². The Balaban J connectivity index is 2.17. The Bertz CT molecular complexity index is 494. The zero-order chi connectivity index (χ0) is 12.3. The van der Waals surface area contributed by atoms with Gasteiger partial charge in [0.15, 0.2) is 11.6 Å². The zero-order valence-electron chi connectivity index (χ0n) is 9.56. The van der Waals surface area contributed by atoms with Gasteiger partial charge in [-0.25, -0.2) is 4.39 Å². The van der Waals surface area contributed by atoms with Gasteiger partial charge in [-0.2, -0.15) is 0 Å². The Hall–Kier alpha value is -1.87. The largest absolute Gasteiger partial charge is 0.454 e. The molecule has 0 aliphatic carbocycles. The Kier molecular flexibility index (Phi) is 3.40. The maximum absolute atomic E-state index is 13.3. The summed E-state index contributed by atoms with van der Waals surface area (Å²) in [6.07, 6.45) is 0. The first-order valence-electron chi connectivity index (χ1n) is 5.45. The van der Waals surface area contributed by atoms with Gasteiger partial charge in [-0.15, -0.1) is 0 Å². The highest BCUT2D eigenvalue weighted by Crippen LogP contribution is 2.24. The van der Waals surface area contributed by atoms with Crippen LogP contribution in [0.25, 0.3) is 0 Å². The van der Waals surface area contributed by atoms with Crippen LogP contribution in [0.3, 0.4) is 0 Å². The molecule has 0 bridgehead atoms. The van der Waals surface area contributed by atoms with Gasteiger partial charge in [-0.1, -0.05) is 24.3 Å². The zero-order valence-corrected chi connectivity index (χ0v) is 9.56. The predicted molar refractivity (Wildman–Crippen MR) is 65.5 cm³/mol. The van der Waals surface area contributed by atoms with E-state index in [4.69, 9.17) is 10.5 Å². The van der Waals surface area contributed by atoms with E-state index in [0.29, 0.717) is 5.75 Å². The summed E-state index contributed by atoms with van der Waals surface area (Å²) in [5, 5.41) is 0. The molecule has 2 rings (SSSR count). The van der Waals surface area contributed by atoms with E-state index in [-0.39, 0.29) is 17.6 Å². The Morgan fingerprint density at radius 3 is 2.29 bits per heavy atom. The summed E-state index contributed by atoms with van der Waals surface area (Å²) < 4.78 is 18.8. The summed E-state index contributed by atoms with van der Waals surface area (Å²) in [4.78, 5) is 0. The van der Waals surface area contributed by atoms with Gasteiger partial charge in [0, 0.05) is 6.04 Å². The number of halogens is 1. The van der Waals surface area contributed by atoms with Crippen LogP contribution < -0.4 is 10.5 Å². The van der Waals surface area contributed by atoms with Gasteiger partial charge in [0.05, 0.1) is 0 Å². The second-order valence-corrected chi connectivity index (χ2v) is 3.89. The molecule has 3 heteroatoms. The van der Waals surface area contributed by atoms with Gasteiger partial charge in [0.25, 0.3) is 0 Å². The van der Waals surface area contributed by atoms with Gasteiger partial charge >= 0.3 is 0 Å².